The van der Waals surface area contributed by atoms with E-state index in [0.717, 1.165) is 12.8 Å². The van der Waals surface area contributed by atoms with Crippen LogP contribution in [0.3, 0.4) is 0 Å². The Morgan fingerprint density at radius 1 is 1.09 bits per heavy atom. The zero-order valence-electron chi connectivity index (χ0n) is 15.7. The third-order valence-electron chi connectivity index (χ3n) is 5.75. The van der Waals surface area contributed by atoms with Crippen molar-refractivity contribution < 1.29 is 0 Å². The molecule has 0 saturated heterocycles. The summed E-state index contributed by atoms with van der Waals surface area (Å²) in [5, 5.41) is 0. The first-order valence-electron chi connectivity index (χ1n) is 9.96. The van der Waals surface area contributed by atoms with Crippen LogP contribution in [-0.4, -0.2) is 5.54 Å². The summed E-state index contributed by atoms with van der Waals surface area (Å²) in [5.41, 5.74) is 11.1. The standard InChI is InChI=1S/C22H37N/c1-4-6-7-8-9-10-11-18-12-15-21-19(16-18)13-14-20(21)17-22(3,23)5-2/h12,15-16,20H,4-11,13-14,17,23H2,1-3H3. The zero-order chi connectivity index (χ0) is 16.7. The second-order valence-electron chi connectivity index (χ2n) is 8.00. The van der Waals surface area contributed by atoms with Gasteiger partial charge in [0.05, 0.1) is 0 Å². The predicted molar refractivity (Wildman–Crippen MR) is 102 cm³/mol. The van der Waals surface area contributed by atoms with E-state index in [4.69, 9.17) is 5.73 Å². The minimum Gasteiger partial charge on any atom is -0.325 e. The number of hydrogen-bond acceptors (Lipinski definition) is 1. The summed E-state index contributed by atoms with van der Waals surface area (Å²) in [7, 11) is 0. The van der Waals surface area contributed by atoms with Gasteiger partial charge in [-0.1, -0.05) is 64.2 Å². The summed E-state index contributed by atoms with van der Waals surface area (Å²) in [5.74, 6) is 0.683. The molecule has 1 aromatic carbocycles. The molecule has 0 radical (unpaired) electrons. The molecule has 0 aromatic heterocycles. The lowest BCUT2D eigenvalue weighted by atomic mass is 9.84. The van der Waals surface area contributed by atoms with E-state index < -0.39 is 0 Å². The van der Waals surface area contributed by atoms with Gasteiger partial charge in [0.1, 0.15) is 0 Å². The van der Waals surface area contributed by atoms with Crippen LogP contribution >= 0.6 is 0 Å². The molecule has 130 valence electrons. The van der Waals surface area contributed by atoms with Gasteiger partial charge in [-0.15, -0.1) is 0 Å². The fraction of sp³-hybridized carbons (Fsp3) is 0.727. The molecule has 0 bridgehead atoms. The number of unbranched alkanes of at least 4 members (excludes halogenated alkanes) is 5. The lowest BCUT2D eigenvalue weighted by Crippen LogP contribution is -2.36. The molecule has 0 aliphatic heterocycles. The first-order valence-corrected chi connectivity index (χ1v) is 9.96. The van der Waals surface area contributed by atoms with Gasteiger partial charge in [-0.05, 0) is 68.1 Å². The lowest BCUT2D eigenvalue weighted by molar-refractivity contribution is 0.377. The molecule has 1 aromatic rings. The van der Waals surface area contributed by atoms with Crippen molar-refractivity contribution in [2.24, 2.45) is 5.73 Å². The average molecular weight is 316 g/mol. The van der Waals surface area contributed by atoms with Crippen LogP contribution in [0.15, 0.2) is 18.2 Å². The molecule has 2 unspecified atom stereocenters. The van der Waals surface area contributed by atoms with E-state index in [-0.39, 0.29) is 5.54 Å². The summed E-state index contributed by atoms with van der Waals surface area (Å²) in [6, 6.07) is 7.27. The van der Waals surface area contributed by atoms with Crippen molar-refractivity contribution in [3.63, 3.8) is 0 Å². The summed E-state index contributed by atoms with van der Waals surface area (Å²) < 4.78 is 0. The Hall–Kier alpha value is -0.820. The van der Waals surface area contributed by atoms with Crippen LogP contribution in [-0.2, 0) is 12.8 Å². The third kappa shape index (κ3) is 5.64. The van der Waals surface area contributed by atoms with Gasteiger partial charge in [0.25, 0.3) is 0 Å². The second kappa shape index (κ2) is 8.87. The number of benzene rings is 1. The van der Waals surface area contributed by atoms with Crippen LogP contribution in [0.25, 0.3) is 0 Å². The van der Waals surface area contributed by atoms with Crippen molar-refractivity contribution in [2.45, 2.75) is 103 Å². The molecule has 1 aliphatic rings. The molecule has 0 fully saturated rings. The quantitative estimate of drug-likeness (QED) is 0.516. The van der Waals surface area contributed by atoms with Crippen molar-refractivity contribution in [1.82, 2.24) is 0 Å². The Morgan fingerprint density at radius 2 is 1.83 bits per heavy atom. The first kappa shape index (κ1) is 18.5. The Bertz CT molecular complexity index is 475. The highest BCUT2D eigenvalue weighted by Gasteiger charge is 2.28. The van der Waals surface area contributed by atoms with Crippen LogP contribution in [0.2, 0.25) is 0 Å². The van der Waals surface area contributed by atoms with E-state index in [1.807, 2.05) is 0 Å². The Labute approximate surface area is 144 Å². The van der Waals surface area contributed by atoms with E-state index in [1.165, 1.54) is 57.8 Å². The first-order chi connectivity index (χ1) is 11.1. The molecule has 2 N–H and O–H groups in total. The molecular formula is C22H37N. The second-order valence-corrected chi connectivity index (χ2v) is 8.00. The molecule has 1 nitrogen and oxygen atoms in total. The number of nitrogens with two attached hydrogens (primary N) is 1. The third-order valence-corrected chi connectivity index (χ3v) is 5.75. The Balaban J connectivity index is 1.84. The molecule has 2 rings (SSSR count). The largest absolute Gasteiger partial charge is 0.325 e. The number of rotatable bonds is 10. The highest BCUT2D eigenvalue weighted by molar-refractivity contribution is 5.38. The molecular weight excluding hydrogens is 278 g/mol. The molecule has 0 heterocycles. The summed E-state index contributed by atoms with van der Waals surface area (Å²) in [4.78, 5) is 0. The van der Waals surface area contributed by atoms with E-state index in [0.29, 0.717) is 5.92 Å². The Morgan fingerprint density at radius 3 is 2.57 bits per heavy atom. The molecule has 2 atom stereocenters. The van der Waals surface area contributed by atoms with E-state index in [2.05, 4.69) is 39.0 Å². The maximum Gasteiger partial charge on any atom is 0.0129 e. The smallest absolute Gasteiger partial charge is 0.0129 e. The summed E-state index contributed by atoms with van der Waals surface area (Å²) >= 11 is 0. The van der Waals surface area contributed by atoms with E-state index >= 15 is 0 Å². The molecule has 0 amide bonds. The van der Waals surface area contributed by atoms with Crippen LogP contribution < -0.4 is 5.73 Å². The SMILES string of the molecule is CCCCCCCCc1ccc2c(c1)CCC2CC(C)(N)CC. The zero-order valence-corrected chi connectivity index (χ0v) is 15.7. The van der Waals surface area contributed by atoms with Crippen molar-refractivity contribution in [3.05, 3.63) is 34.9 Å². The van der Waals surface area contributed by atoms with Crippen LogP contribution in [0.1, 0.15) is 101 Å². The highest BCUT2D eigenvalue weighted by atomic mass is 14.7. The van der Waals surface area contributed by atoms with Gasteiger partial charge in [0.2, 0.25) is 0 Å². The molecule has 23 heavy (non-hydrogen) atoms. The van der Waals surface area contributed by atoms with Gasteiger partial charge in [-0.2, -0.15) is 0 Å². The number of aryl methyl sites for hydroxylation is 2. The highest BCUT2D eigenvalue weighted by Crippen LogP contribution is 2.39. The fourth-order valence-corrected chi connectivity index (χ4v) is 3.94. The number of fused-ring (bicyclic) bond motifs is 1. The van der Waals surface area contributed by atoms with Crippen LogP contribution in [0.4, 0.5) is 0 Å². The van der Waals surface area contributed by atoms with Gasteiger partial charge in [0.15, 0.2) is 0 Å². The maximum absolute atomic E-state index is 6.40. The van der Waals surface area contributed by atoms with Gasteiger partial charge in [-0.3, -0.25) is 0 Å². The minimum absolute atomic E-state index is 0.0105. The van der Waals surface area contributed by atoms with Crippen LogP contribution in [0.5, 0.6) is 0 Å². The van der Waals surface area contributed by atoms with E-state index in [1.54, 1.807) is 16.7 Å². The molecule has 0 saturated carbocycles. The predicted octanol–water partition coefficient (Wildman–Crippen LogP) is 6.14. The van der Waals surface area contributed by atoms with Crippen molar-refractivity contribution >= 4 is 0 Å². The Kier molecular flexibility index (Phi) is 7.14. The van der Waals surface area contributed by atoms with Crippen molar-refractivity contribution in [3.8, 4) is 0 Å². The summed E-state index contributed by atoms with van der Waals surface area (Å²) in [6.07, 6.45) is 14.3. The van der Waals surface area contributed by atoms with Crippen molar-refractivity contribution in [1.29, 1.82) is 0 Å². The normalized spacial score (nSPS) is 19.6. The van der Waals surface area contributed by atoms with Gasteiger partial charge >= 0.3 is 0 Å². The molecule has 1 aliphatic carbocycles. The summed E-state index contributed by atoms with van der Waals surface area (Å²) in [6.45, 7) is 6.70. The lowest BCUT2D eigenvalue weighted by Gasteiger charge is -2.27. The van der Waals surface area contributed by atoms with Gasteiger partial charge < -0.3 is 5.73 Å². The van der Waals surface area contributed by atoms with Gasteiger partial charge in [-0.25, -0.2) is 0 Å². The topological polar surface area (TPSA) is 26.0 Å². The van der Waals surface area contributed by atoms with Crippen molar-refractivity contribution in [2.75, 3.05) is 0 Å². The van der Waals surface area contributed by atoms with Crippen LogP contribution in [0, 0.1) is 0 Å². The molecule has 0 spiro atoms. The fourth-order valence-electron chi connectivity index (χ4n) is 3.94. The average Bonchev–Trinajstić information content (AvgIpc) is 2.92. The number of hydrogen-bond donors (Lipinski definition) is 1. The van der Waals surface area contributed by atoms with E-state index in [9.17, 15) is 0 Å². The monoisotopic (exact) mass is 315 g/mol. The van der Waals surface area contributed by atoms with Gasteiger partial charge in [0, 0.05) is 5.54 Å². The maximum atomic E-state index is 6.40. The molecule has 1 heteroatoms. The minimum atomic E-state index is -0.0105.